The number of benzene rings is 1. The first kappa shape index (κ1) is 35.4. The summed E-state index contributed by atoms with van der Waals surface area (Å²) in [6.07, 6.45) is -1.61. The summed E-state index contributed by atoms with van der Waals surface area (Å²) in [7, 11) is 0. The molecule has 0 bridgehead atoms. The van der Waals surface area contributed by atoms with E-state index >= 15 is 8.78 Å². The van der Waals surface area contributed by atoms with Gasteiger partial charge in [-0.25, -0.2) is 8.78 Å². The lowest BCUT2D eigenvalue weighted by Gasteiger charge is -2.38. The van der Waals surface area contributed by atoms with Crippen LogP contribution in [0.1, 0.15) is 84.0 Å². The molecule has 2 aliphatic carbocycles. The molecule has 0 radical (unpaired) electrons. The van der Waals surface area contributed by atoms with E-state index in [1.54, 1.807) is 0 Å². The van der Waals surface area contributed by atoms with Crippen LogP contribution in [0.15, 0.2) is 36.4 Å². The van der Waals surface area contributed by atoms with Crippen molar-refractivity contribution < 1.29 is 58.5 Å². The van der Waals surface area contributed by atoms with Crippen molar-refractivity contribution in [2.75, 3.05) is 6.61 Å². The number of alkyl halides is 4. The summed E-state index contributed by atoms with van der Waals surface area (Å²) >= 11 is 0. The largest absolute Gasteiger partial charge is 0.432 e. The van der Waals surface area contributed by atoms with Crippen LogP contribution < -0.4 is 9.47 Å². The highest BCUT2D eigenvalue weighted by molar-refractivity contribution is 5.36. The molecule has 3 aliphatic rings. The summed E-state index contributed by atoms with van der Waals surface area (Å²) < 4.78 is 145. The lowest BCUT2D eigenvalue weighted by molar-refractivity contribution is -0.306. The number of allylic oxidation sites excluding steroid dienone is 1. The number of hydrogen-bond acceptors (Lipinski definition) is 4. The van der Waals surface area contributed by atoms with Gasteiger partial charge in [0.25, 0.3) is 0 Å². The highest BCUT2D eigenvalue weighted by Crippen LogP contribution is 2.45. The molecule has 0 amide bonds. The highest BCUT2D eigenvalue weighted by atomic mass is 19.3. The van der Waals surface area contributed by atoms with Crippen LogP contribution >= 0.6 is 0 Å². The number of rotatable bonds is 12. The molecule has 13 heteroatoms. The molecular weight excluding hydrogens is 619 g/mol. The predicted octanol–water partition coefficient (Wildman–Crippen LogP) is 10.5. The molecule has 0 N–H and O–H groups in total. The molecule has 1 aromatic carbocycles. The van der Waals surface area contributed by atoms with E-state index in [0.29, 0.717) is 37.5 Å². The molecule has 2 unspecified atom stereocenters. The second kappa shape index (κ2) is 15.5. The Hall–Kier alpha value is -2.41. The first-order chi connectivity index (χ1) is 21.3. The van der Waals surface area contributed by atoms with Crippen LogP contribution in [-0.4, -0.2) is 31.0 Å². The van der Waals surface area contributed by atoms with Crippen molar-refractivity contribution in [3.05, 3.63) is 48.0 Å². The summed E-state index contributed by atoms with van der Waals surface area (Å²) in [5.74, 6) is -7.65. The molecule has 1 aliphatic heterocycles. The maximum atomic E-state index is 15.1. The van der Waals surface area contributed by atoms with Crippen molar-refractivity contribution in [1.82, 2.24) is 0 Å². The quantitative estimate of drug-likeness (QED) is 0.127. The van der Waals surface area contributed by atoms with Gasteiger partial charge < -0.3 is 18.9 Å². The topological polar surface area (TPSA) is 36.9 Å². The van der Waals surface area contributed by atoms with Gasteiger partial charge in [-0.3, -0.25) is 0 Å². The molecule has 1 heterocycles. The average molecular weight is 659 g/mol. The second-order valence-electron chi connectivity index (χ2n) is 12.3. The summed E-state index contributed by atoms with van der Waals surface area (Å²) in [4.78, 5) is 0. The lowest BCUT2D eigenvalue weighted by Crippen LogP contribution is -2.42. The minimum Gasteiger partial charge on any atom is -0.432 e. The van der Waals surface area contributed by atoms with E-state index in [2.05, 4.69) is 15.5 Å². The molecule has 4 rings (SSSR count). The second-order valence-corrected chi connectivity index (χ2v) is 12.3. The Bertz CT molecular complexity index is 1140. The third kappa shape index (κ3) is 9.79. The van der Waals surface area contributed by atoms with E-state index in [9.17, 15) is 30.7 Å². The van der Waals surface area contributed by atoms with Crippen molar-refractivity contribution in [2.45, 2.75) is 108 Å². The molecule has 45 heavy (non-hydrogen) atoms. The van der Waals surface area contributed by atoms with Gasteiger partial charge in [0.1, 0.15) is 5.75 Å². The Morgan fingerprint density at radius 2 is 1.42 bits per heavy atom. The molecule has 1 aromatic rings. The third-order valence-corrected chi connectivity index (χ3v) is 9.13. The fraction of sp³-hybridized carbons (Fsp3) is 0.688. The molecule has 254 valence electrons. The number of ether oxygens (including phenoxy) is 4. The zero-order chi connectivity index (χ0) is 32.8. The van der Waals surface area contributed by atoms with Gasteiger partial charge in [0.15, 0.2) is 11.6 Å². The SMILES string of the molecule is C/C=C/C1CCC(CCC2CCC(C(F)(F)OC3CCC(C(F)(F)Oc4cc(F)c(OC(F)=C(F)F)c(F)c4)CC3)CC2)OC1. The minimum atomic E-state index is -3.94. The smallest absolute Gasteiger partial charge is 0.400 e. The molecule has 2 atom stereocenters. The molecule has 0 spiro atoms. The standard InChI is InChI=1S/C32H39F9O4/c1-2-3-20-7-13-23(42-18-20)12-6-19-4-8-21(9-5-19)31(38,39)44-24-14-10-22(11-15-24)32(40,41)45-25-16-26(33)28(27(34)17-25)43-30(37)29(35)36/h2-3,16-17,19-24H,4-15,18H2,1H3/b3-2+. The van der Waals surface area contributed by atoms with Gasteiger partial charge in [-0.2, -0.15) is 30.7 Å². The van der Waals surface area contributed by atoms with Gasteiger partial charge >= 0.3 is 24.3 Å². The maximum absolute atomic E-state index is 15.1. The minimum absolute atomic E-state index is 0.0965. The summed E-state index contributed by atoms with van der Waals surface area (Å²) in [6, 6.07) is -2.07. The lowest BCUT2D eigenvalue weighted by atomic mass is 9.78. The average Bonchev–Trinajstić information content (AvgIpc) is 2.99. The fourth-order valence-corrected chi connectivity index (χ4v) is 6.58. The third-order valence-electron chi connectivity index (χ3n) is 9.13. The van der Waals surface area contributed by atoms with Crippen LogP contribution in [0.2, 0.25) is 0 Å². The maximum Gasteiger partial charge on any atom is 0.400 e. The molecule has 4 nitrogen and oxygen atoms in total. The van der Waals surface area contributed by atoms with Gasteiger partial charge in [0, 0.05) is 18.1 Å². The van der Waals surface area contributed by atoms with Gasteiger partial charge in [-0.1, -0.05) is 12.2 Å². The Morgan fingerprint density at radius 1 is 0.822 bits per heavy atom. The van der Waals surface area contributed by atoms with E-state index < -0.39 is 65.4 Å². The Kier molecular flexibility index (Phi) is 12.2. The van der Waals surface area contributed by atoms with Crippen LogP contribution in [-0.2, 0) is 9.47 Å². The van der Waals surface area contributed by atoms with E-state index in [1.807, 2.05) is 13.0 Å². The van der Waals surface area contributed by atoms with E-state index in [4.69, 9.17) is 9.47 Å². The zero-order valence-electron chi connectivity index (χ0n) is 25.0. The van der Waals surface area contributed by atoms with E-state index in [-0.39, 0.29) is 43.9 Å². The van der Waals surface area contributed by atoms with Crippen molar-refractivity contribution in [1.29, 1.82) is 0 Å². The Balaban J connectivity index is 1.20. The monoisotopic (exact) mass is 658 g/mol. The van der Waals surface area contributed by atoms with E-state index in [1.165, 1.54) is 0 Å². The summed E-state index contributed by atoms with van der Waals surface area (Å²) in [5.41, 5.74) is 0. The van der Waals surface area contributed by atoms with Gasteiger partial charge in [-0.15, -0.1) is 0 Å². The van der Waals surface area contributed by atoms with Crippen molar-refractivity contribution in [3.63, 3.8) is 0 Å². The Labute approximate surface area is 256 Å². The van der Waals surface area contributed by atoms with Crippen molar-refractivity contribution >= 4 is 0 Å². The molecule has 3 fully saturated rings. The van der Waals surface area contributed by atoms with Crippen LogP contribution in [0.4, 0.5) is 39.5 Å². The van der Waals surface area contributed by atoms with Gasteiger partial charge in [0.05, 0.1) is 30.7 Å². The Morgan fingerprint density at radius 3 is 1.98 bits per heavy atom. The van der Waals surface area contributed by atoms with Crippen molar-refractivity contribution in [3.8, 4) is 11.5 Å². The number of hydrogen-bond donors (Lipinski definition) is 0. The zero-order valence-corrected chi connectivity index (χ0v) is 25.0. The van der Waals surface area contributed by atoms with Crippen molar-refractivity contribution in [2.24, 2.45) is 23.7 Å². The van der Waals surface area contributed by atoms with Crippen LogP contribution in [0, 0.1) is 35.3 Å². The van der Waals surface area contributed by atoms with Crippen LogP contribution in [0.25, 0.3) is 0 Å². The fourth-order valence-electron chi connectivity index (χ4n) is 6.58. The molecular formula is C32H39F9O4. The summed E-state index contributed by atoms with van der Waals surface area (Å²) in [6.45, 7) is 2.71. The van der Waals surface area contributed by atoms with Gasteiger partial charge in [0.2, 0.25) is 5.75 Å². The summed E-state index contributed by atoms with van der Waals surface area (Å²) in [5, 5.41) is 0. The normalized spacial score (nSPS) is 28.2. The molecule has 2 saturated carbocycles. The number of halogens is 9. The highest BCUT2D eigenvalue weighted by Gasteiger charge is 2.48. The van der Waals surface area contributed by atoms with Crippen LogP contribution in [0.3, 0.4) is 0 Å². The molecule has 0 aromatic heterocycles. The molecule has 1 saturated heterocycles. The first-order valence-electron chi connectivity index (χ1n) is 15.5. The van der Waals surface area contributed by atoms with Crippen LogP contribution in [0.5, 0.6) is 11.5 Å². The first-order valence-corrected chi connectivity index (χ1v) is 15.5. The van der Waals surface area contributed by atoms with E-state index in [0.717, 1.165) is 32.3 Å². The van der Waals surface area contributed by atoms with Gasteiger partial charge in [-0.05, 0) is 89.9 Å². The predicted molar refractivity (Wildman–Crippen MR) is 147 cm³/mol.